The normalized spacial score (nSPS) is 20.7. The Hall–Kier alpha value is -3.17. The van der Waals surface area contributed by atoms with Gasteiger partial charge in [-0.05, 0) is 37.8 Å². The first-order chi connectivity index (χ1) is 16.1. The second-order valence-corrected chi connectivity index (χ2v) is 8.62. The third kappa shape index (κ3) is 4.65. The van der Waals surface area contributed by atoms with Crippen molar-refractivity contribution in [1.29, 1.82) is 0 Å². The molecule has 2 N–H and O–H groups in total. The first kappa shape index (κ1) is 21.7. The molecule has 0 aliphatic carbocycles. The van der Waals surface area contributed by atoms with E-state index < -0.39 is 0 Å². The minimum absolute atomic E-state index is 0.0503. The van der Waals surface area contributed by atoms with Crippen molar-refractivity contribution in [2.24, 2.45) is 11.7 Å². The molecule has 3 aromatic heterocycles. The number of aromatic nitrogens is 3. The fourth-order valence-electron chi connectivity index (χ4n) is 4.70. The standard InChI is InChI=1S/C24H29N5O4/c1-31-18-13-20-19(27-14-18)2-3-24(30)29(20)7-6-28-5-4-16(11-23(28)25)10-17-12-21-22(15-26-17)33-9-8-32-21/h2-3,12-16,23H,4-11,25H2,1H3. The van der Waals surface area contributed by atoms with Gasteiger partial charge in [-0.3, -0.25) is 19.7 Å². The van der Waals surface area contributed by atoms with E-state index >= 15 is 0 Å². The van der Waals surface area contributed by atoms with Gasteiger partial charge < -0.3 is 24.5 Å². The van der Waals surface area contributed by atoms with Gasteiger partial charge in [0.2, 0.25) is 0 Å². The van der Waals surface area contributed by atoms with Crippen molar-refractivity contribution < 1.29 is 14.2 Å². The number of pyridine rings is 3. The zero-order valence-electron chi connectivity index (χ0n) is 18.8. The number of methoxy groups -OCH3 is 1. The Morgan fingerprint density at radius 1 is 1.12 bits per heavy atom. The van der Waals surface area contributed by atoms with E-state index in [2.05, 4.69) is 14.9 Å². The van der Waals surface area contributed by atoms with Gasteiger partial charge in [0.1, 0.15) is 19.0 Å². The zero-order chi connectivity index (χ0) is 22.8. The molecule has 2 aliphatic heterocycles. The van der Waals surface area contributed by atoms with Gasteiger partial charge in [-0.15, -0.1) is 0 Å². The number of rotatable bonds is 6. The number of piperidine rings is 1. The highest BCUT2D eigenvalue weighted by molar-refractivity contribution is 5.75. The van der Waals surface area contributed by atoms with Crippen LogP contribution in [-0.2, 0) is 13.0 Å². The summed E-state index contributed by atoms with van der Waals surface area (Å²) in [7, 11) is 1.60. The summed E-state index contributed by atoms with van der Waals surface area (Å²) in [5, 5.41) is 0. The molecule has 0 saturated carbocycles. The summed E-state index contributed by atoms with van der Waals surface area (Å²) in [4.78, 5) is 23.8. The van der Waals surface area contributed by atoms with Gasteiger partial charge >= 0.3 is 0 Å². The van der Waals surface area contributed by atoms with Gasteiger partial charge in [-0.25, -0.2) is 0 Å². The van der Waals surface area contributed by atoms with Crippen LogP contribution in [0.1, 0.15) is 18.5 Å². The van der Waals surface area contributed by atoms with Gasteiger partial charge in [-0.2, -0.15) is 0 Å². The minimum atomic E-state index is -0.0562. The third-order valence-electron chi connectivity index (χ3n) is 6.51. The van der Waals surface area contributed by atoms with E-state index in [-0.39, 0.29) is 11.7 Å². The summed E-state index contributed by atoms with van der Waals surface area (Å²) in [6, 6.07) is 7.16. The Morgan fingerprint density at radius 3 is 2.79 bits per heavy atom. The second kappa shape index (κ2) is 9.36. The van der Waals surface area contributed by atoms with Gasteiger partial charge in [0, 0.05) is 37.0 Å². The fourth-order valence-corrected chi connectivity index (χ4v) is 4.70. The zero-order valence-corrected chi connectivity index (χ0v) is 18.8. The Balaban J connectivity index is 1.22. The van der Waals surface area contributed by atoms with E-state index in [0.29, 0.717) is 43.7 Å². The molecule has 0 amide bonds. The van der Waals surface area contributed by atoms with Crippen molar-refractivity contribution in [2.75, 3.05) is 33.4 Å². The molecule has 9 nitrogen and oxygen atoms in total. The smallest absolute Gasteiger partial charge is 0.251 e. The molecule has 2 unspecified atom stereocenters. The fraction of sp³-hybridized carbons (Fsp3) is 0.458. The molecule has 3 aromatic rings. The number of hydrogen-bond donors (Lipinski definition) is 1. The molecule has 5 heterocycles. The largest absolute Gasteiger partial charge is 0.495 e. The molecule has 2 aliphatic rings. The molecule has 0 aromatic carbocycles. The quantitative estimate of drug-likeness (QED) is 0.605. The van der Waals surface area contributed by atoms with Crippen LogP contribution < -0.4 is 25.5 Å². The average Bonchev–Trinajstić information content (AvgIpc) is 2.84. The molecular formula is C24H29N5O4. The van der Waals surface area contributed by atoms with Crippen LogP contribution in [0.25, 0.3) is 11.0 Å². The molecule has 174 valence electrons. The molecule has 5 rings (SSSR count). The summed E-state index contributed by atoms with van der Waals surface area (Å²) in [5.74, 6) is 2.58. The van der Waals surface area contributed by atoms with E-state index in [1.165, 1.54) is 0 Å². The van der Waals surface area contributed by atoms with Crippen LogP contribution in [0.3, 0.4) is 0 Å². The first-order valence-electron chi connectivity index (χ1n) is 11.4. The summed E-state index contributed by atoms with van der Waals surface area (Å²) >= 11 is 0. The lowest BCUT2D eigenvalue weighted by Crippen LogP contribution is -2.49. The van der Waals surface area contributed by atoms with Crippen LogP contribution in [0.4, 0.5) is 0 Å². The van der Waals surface area contributed by atoms with E-state index in [4.69, 9.17) is 19.9 Å². The Kier molecular flexibility index (Phi) is 6.15. The average molecular weight is 452 g/mol. The van der Waals surface area contributed by atoms with Gasteiger partial charge in [0.05, 0.1) is 36.7 Å². The lowest BCUT2D eigenvalue weighted by molar-refractivity contribution is 0.111. The molecule has 0 radical (unpaired) electrons. The van der Waals surface area contributed by atoms with Crippen molar-refractivity contribution in [1.82, 2.24) is 19.4 Å². The lowest BCUT2D eigenvalue weighted by atomic mass is 9.90. The van der Waals surface area contributed by atoms with Crippen LogP contribution >= 0.6 is 0 Å². The third-order valence-corrected chi connectivity index (χ3v) is 6.51. The molecule has 1 saturated heterocycles. The topological polar surface area (TPSA) is 105 Å². The number of fused-ring (bicyclic) bond motifs is 2. The molecule has 1 fully saturated rings. The van der Waals surface area contributed by atoms with Crippen molar-refractivity contribution in [3.8, 4) is 17.2 Å². The van der Waals surface area contributed by atoms with Crippen molar-refractivity contribution >= 4 is 11.0 Å². The van der Waals surface area contributed by atoms with Gasteiger partial charge in [0.25, 0.3) is 5.56 Å². The van der Waals surface area contributed by atoms with Crippen LogP contribution in [-0.4, -0.2) is 59.0 Å². The number of nitrogens with zero attached hydrogens (tertiary/aromatic N) is 4. The predicted molar refractivity (Wildman–Crippen MR) is 124 cm³/mol. The molecule has 0 bridgehead atoms. The second-order valence-electron chi connectivity index (χ2n) is 8.62. The SMILES string of the molecule is COc1cnc2ccc(=O)n(CCN3CCC(Cc4cc5c(cn4)OCCO5)CC3N)c2c1. The van der Waals surface area contributed by atoms with Crippen LogP contribution in [0.5, 0.6) is 17.2 Å². The number of nitrogens with two attached hydrogens (primary N) is 1. The summed E-state index contributed by atoms with van der Waals surface area (Å²) in [6.45, 7) is 3.27. The van der Waals surface area contributed by atoms with Crippen molar-refractivity contribution in [3.05, 3.63) is 52.7 Å². The summed E-state index contributed by atoms with van der Waals surface area (Å²) in [6.07, 6.45) is 6.14. The maximum absolute atomic E-state index is 12.6. The van der Waals surface area contributed by atoms with Crippen LogP contribution in [0, 0.1) is 5.92 Å². The number of hydrogen-bond acceptors (Lipinski definition) is 8. The molecule has 2 atom stereocenters. The number of ether oxygens (including phenoxy) is 3. The summed E-state index contributed by atoms with van der Waals surface area (Å²) in [5.41, 5.74) is 9.04. The maximum Gasteiger partial charge on any atom is 0.251 e. The van der Waals surface area contributed by atoms with E-state index in [1.807, 2.05) is 12.1 Å². The van der Waals surface area contributed by atoms with Crippen molar-refractivity contribution in [3.63, 3.8) is 0 Å². The maximum atomic E-state index is 12.6. The lowest BCUT2D eigenvalue weighted by Gasteiger charge is -2.37. The summed E-state index contributed by atoms with van der Waals surface area (Å²) < 4.78 is 18.3. The molecule has 33 heavy (non-hydrogen) atoms. The van der Waals surface area contributed by atoms with Crippen LogP contribution in [0.2, 0.25) is 0 Å². The molecule has 0 spiro atoms. The Morgan fingerprint density at radius 2 is 1.97 bits per heavy atom. The minimum Gasteiger partial charge on any atom is -0.495 e. The van der Waals surface area contributed by atoms with Crippen LogP contribution in [0.15, 0.2) is 41.5 Å². The van der Waals surface area contributed by atoms with E-state index in [0.717, 1.165) is 48.3 Å². The van der Waals surface area contributed by atoms with E-state index in [9.17, 15) is 4.79 Å². The predicted octanol–water partition coefficient (Wildman–Crippen LogP) is 1.81. The molecular weight excluding hydrogens is 422 g/mol. The van der Waals surface area contributed by atoms with Gasteiger partial charge in [0.15, 0.2) is 11.5 Å². The first-order valence-corrected chi connectivity index (χ1v) is 11.4. The Bertz CT molecular complexity index is 1200. The highest BCUT2D eigenvalue weighted by atomic mass is 16.6. The van der Waals surface area contributed by atoms with Crippen molar-refractivity contribution in [2.45, 2.75) is 32.0 Å². The van der Waals surface area contributed by atoms with Gasteiger partial charge in [-0.1, -0.05) is 0 Å². The van der Waals surface area contributed by atoms with E-state index in [1.54, 1.807) is 36.2 Å². The number of likely N-dealkylation sites (tertiary alicyclic amines) is 1. The highest BCUT2D eigenvalue weighted by Gasteiger charge is 2.27. The highest BCUT2D eigenvalue weighted by Crippen LogP contribution is 2.31. The molecule has 9 heteroatoms. The monoisotopic (exact) mass is 451 g/mol. The Labute approximate surface area is 192 Å².